The standard InChI is InChI=1S/C14H18ClN3O3S/c1-22(20,21)17-7-6-16-14(19)5-9-18-8-4-11-10-12(15)2-3-13(11)18/h2-4,8,10,17H,5-7,9H2,1H3,(H,16,19). The first-order chi connectivity index (χ1) is 10.3. The number of hydrogen-bond donors (Lipinski definition) is 2. The topological polar surface area (TPSA) is 80.2 Å². The highest BCUT2D eigenvalue weighted by Gasteiger charge is 2.05. The normalized spacial score (nSPS) is 11.7. The number of halogens is 1. The fraction of sp³-hybridized carbons (Fsp3) is 0.357. The molecule has 0 radical (unpaired) electrons. The first kappa shape index (κ1) is 16.8. The van der Waals surface area contributed by atoms with Gasteiger partial charge in [-0.25, -0.2) is 13.1 Å². The summed E-state index contributed by atoms with van der Waals surface area (Å²) in [5.74, 6) is -0.119. The maximum absolute atomic E-state index is 11.7. The lowest BCUT2D eigenvalue weighted by atomic mass is 10.2. The van der Waals surface area contributed by atoms with Gasteiger partial charge in [0.2, 0.25) is 15.9 Å². The fourth-order valence-corrected chi connectivity index (χ4v) is 2.77. The molecule has 22 heavy (non-hydrogen) atoms. The molecule has 0 aliphatic heterocycles. The molecule has 0 saturated carbocycles. The smallest absolute Gasteiger partial charge is 0.221 e. The summed E-state index contributed by atoms with van der Waals surface area (Å²) in [5, 5.41) is 4.39. The van der Waals surface area contributed by atoms with Crippen LogP contribution in [0.5, 0.6) is 0 Å². The van der Waals surface area contributed by atoms with Crippen molar-refractivity contribution in [3.05, 3.63) is 35.5 Å². The molecule has 1 aromatic heterocycles. The summed E-state index contributed by atoms with van der Waals surface area (Å²) in [6, 6.07) is 7.57. The summed E-state index contributed by atoms with van der Waals surface area (Å²) in [5.41, 5.74) is 1.02. The molecule has 1 heterocycles. The van der Waals surface area contributed by atoms with E-state index in [1.54, 1.807) is 0 Å². The van der Waals surface area contributed by atoms with Crippen molar-refractivity contribution in [1.82, 2.24) is 14.6 Å². The Labute approximate surface area is 134 Å². The van der Waals surface area contributed by atoms with Crippen LogP contribution in [0.4, 0.5) is 0 Å². The summed E-state index contributed by atoms with van der Waals surface area (Å²) in [7, 11) is -3.21. The van der Waals surface area contributed by atoms with Crippen LogP contribution in [0.1, 0.15) is 6.42 Å². The van der Waals surface area contributed by atoms with E-state index < -0.39 is 10.0 Å². The zero-order valence-corrected chi connectivity index (χ0v) is 13.7. The van der Waals surface area contributed by atoms with E-state index in [9.17, 15) is 13.2 Å². The van der Waals surface area contributed by atoms with Gasteiger partial charge in [-0.15, -0.1) is 0 Å². The highest BCUT2D eigenvalue weighted by atomic mass is 35.5. The third-order valence-electron chi connectivity index (χ3n) is 3.12. The molecule has 0 spiro atoms. The third kappa shape index (κ3) is 5.01. The van der Waals surface area contributed by atoms with Crippen LogP contribution in [0.15, 0.2) is 30.5 Å². The van der Waals surface area contributed by atoms with Crippen molar-refractivity contribution in [2.75, 3.05) is 19.3 Å². The molecule has 0 atom stereocenters. The summed E-state index contributed by atoms with van der Waals surface area (Å²) >= 11 is 5.94. The van der Waals surface area contributed by atoms with E-state index in [2.05, 4.69) is 10.0 Å². The van der Waals surface area contributed by atoms with Crippen LogP contribution in [-0.2, 0) is 21.4 Å². The van der Waals surface area contributed by atoms with Crippen molar-refractivity contribution < 1.29 is 13.2 Å². The van der Waals surface area contributed by atoms with Crippen molar-refractivity contribution >= 4 is 38.4 Å². The van der Waals surface area contributed by atoms with E-state index in [4.69, 9.17) is 11.6 Å². The molecule has 8 heteroatoms. The molecule has 0 fully saturated rings. The molecule has 0 aliphatic carbocycles. The first-order valence-corrected chi connectivity index (χ1v) is 9.08. The van der Waals surface area contributed by atoms with Gasteiger partial charge in [0.25, 0.3) is 0 Å². The molecule has 120 valence electrons. The molecule has 0 aliphatic rings. The number of nitrogens with one attached hydrogen (secondary N) is 2. The minimum absolute atomic E-state index is 0.119. The van der Waals surface area contributed by atoms with E-state index >= 15 is 0 Å². The molecule has 0 unspecified atom stereocenters. The van der Waals surface area contributed by atoms with Crippen molar-refractivity contribution in [2.24, 2.45) is 0 Å². The van der Waals surface area contributed by atoms with E-state index in [-0.39, 0.29) is 19.0 Å². The number of hydrogen-bond acceptors (Lipinski definition) is 3. The van der Waals surface area contributed by atoms with Gasteiger partial charge in [-0.05, 0) is 24.3 Å². The second kappa shape index (κ2) is 7.13. The van der Waals surface area contributed by atoms with Crippen molar-refractivity contribution in [3.8, 4) is 0 Å². The van der Waals surface area contributed by atoms with E-state index in [0.717, 1.165) is 17.2 Å². The summed E-state index contributed by atoms with van der Waals surface area (Å²) in [4.78, 5) is 11.7. The highest BCUT2D eigenvalue weighted by Crippen LogP contribution is 2.20. The minimum atomic E-state index is -3.21. The zero-order chi connectivity index (χ0) is 16.2. The number of nitrogens with zero attached hydrogens (tertiary/aromatic N) is 1. The number of carbonyl (C=O) groups is 1. The lowest BCUT2D eigenvalue weighted by molar-refractivity contribution is -0.121. The molecule has 0 saturated heterocycles. The Morgan fingerprint density at radius 3 is 2.77 bits per heavy atom. The quantitative estimate of drug-likeness (QED) is 0.745. The SMILES string of the molecule is CS(=O)(=O)NCCNC(=O)CCn1ccc2cc(Cl)ccc21. The first-order valence-electron chi connectivity index (χ1n) is 6.81. The maximum Gasteiger partial charge on any atom is 0.221 e. The monoisotopic (exact) mass is 343 g/mol. The Balaban J connectivity index is 1.80. The third-order valence-corrected chi connectivity index (χ3v) is 4.09. The van der Waals surface area contributed by atoms with Gasteiger partial charge < -0.3 is 9.88 Å². The average Bonchev–Trinajstić information content (AvgIpc) is 2.82. The van der Waals surface area contributed by atoms with E-state index in [1.165, 1.54) is 0 Å². The van der Waals surface area contributed by atoms with Crippen LogP contribution in [-0.4, -0.2) is 38.2 Å². The van der Waals surface area contributed by atoms with Gasteiger partial charge in [0, 0.05) is 48.2 Å². The Bertz CT molecular complexity index is 771. The number of sulfonamides is 1. The molecule has 1 amide bonds. The number of amides is 1. The van der Waals surface area contributed by atoms with Crippen LogP contribution < -0.4 is 10.0 Å². The predicted octanol–water partition coefficient (Wildman–Crippen LogP) is 1.35. The number of rotatable bonds is 7. The molecule has 2 aromatic rings. The highest BCUT2D eigenvalue weighted by molar-refractivity contribution is 7.88. The van der Waals surface area contributed by atoms with Crippen LogP contribution in [0.3, 0.4) is 0 Å². The summed E-state index contributed by atoms with van der Waals surface area (Å²) < 4.78 is 26.0. The van der Waals surface area contributed by atoms with Gasteiger partial charge in [-0.1, -0.05) is 11.6 Å². The second-order valence-corrected chi connectivity index (χ2v) is 7.25. The predicted molar refractivity (Wildman–Crippen MR) is 87.4 cm³/mol. The van der Waals surface area contributed by atoms with Gasteiger partial charge in [0.15, 0.2) is 0 Å². The average molecular weight is 344 g/mol. The molecular weight excluding hydrogens is 326 g/mol. The largest absolute Gasteiger partial charge is 0.355 e. The Morgan fingerprint density at radius 2 is 2.05 bits per heavy atom. The minimum Gasteiger partial charge on any atom is -0.355 e. The maximum atomic E-state index is 11.7. The van der Waals surface area contributed by atoms with Crippen molar-refractivity contribution in [1.29, 1.82) is 0 Å². The van der Waals surface area contributed by atoms with Crippen LogP contribution in [0, 0.1) is 0 Å². The number of aryl methyl sites for hydroxylation is 1. The number of fused-ring (bicyclic) bond motifs is 1. The number of aromatic nitrogens is 1. The van der Waals surface area contributed by atoms with Crippen molar-refractivity contribution in [3.63, 3.8) is 0 Å². The molecular formula is C14H18ClN3O3S. The molecule has 1 aromatic carbocycles. The van der Waals surface area contributed by atoms with Gasteiger partial charge >= 0.3 is 0 Å². The van der Waals surface area contributed by atoms with Gasteiger partial charge in [-0.2, -0.15) is 0 Å². The second-order valence-electron chi connectivity index (χ2n) is 4.98. The Kier molecular flexibility index (Phi) is 5.44. The van der Waals surface area contributed by atoms with E-state index in [1.807, 2.05) is 35.0 Å². The Hall–Kier alpha value is -1.57. The summed E-state index contributed by atoms with van der Waals surface area (Å²) in [6.07, 6.45) is 3.32. The van der Waals surface area contributed by atoms with Crippen LogP contribution >= 0.6 is 11.6 Å². The molecule has 6 nitrogen and oxygen atoms in total. The van der Waals surface area contributed by atoms with Crippen LogP contribution in [0.25, 0.3) is 10.9 Å². The van der Waals surface area contributed by atoms with Crippen LogP contribution in [0.2, 0.25) is 5.02 Å². The fourth-order valence-electron chi connectivity index (χ4n) is 2.11. The molecule has 2 rings (SSSR count). The lowest BCUT2D eigenvalue weighted by Gasteiger charge is -2.07. The lowest BCUT2D eigenvalue weighted by Crippen LogP contribution is -2.34. The number of carbonyl (C=O) groups excluding carboxylic acids is 1. The molecule has 2 N–H and O–H groups in total. The zero-order valence-electron chi connectivity index (χ0n) is 12.2. The van der Waals surface area contributed by atoms with Gasteiger partial charge in [-0.3, -0.25) is 4.79 Å². The summed E-state index contributed by atoms with van der Waals surface area (Å²) in [6.45, 7) is 1.01. The van der Waals surface area contributed by atoms with Crippen molar-refractivity contribution in [2.45, 2.75) is 13.0 Å². The molecule has 0 bridgehead atoms. The van der Waals surface area contributed by atoms with E-state index in [0.29, 0.717) is 18.0 Å². The van der Waals surface area contributed by atoms with Gasteiger partial charge in [0.1, 0.15) is 0 Å². The Morgan fingerprint density at radius 1 is 1.27 bits per heavy atom. The number of benzene rings is 1. The van der Waals surface area contributed by atoms with Gasteiger partial charge in [0.05, 0.1) is 6.26 Å².